The van der Waals surface area contributed by atoms with E-state index in [0.717, 1.165) is 0 Å². The molecule has 2 rings (SSSR count). The third kappa shape index (κ3) is 6.63. The van der Waals surface area contributed by atoms with Crippen LogP contribution in [0.25, 0.3) is 0 Å². The molecule has 4 unspecified atom stereocenters. The molecule has 13 nitrogen and oxygen atoms in total. The minimum absolute atomic E-state index is 0.256. The van der Waals surface area contributed by atoms with Crippen molar-refractivity contribution in [2.75, 3.05) is 26.2 Å². The van der Waals surface area contributed by atoms with Gasteiger partial charge in [-0.25, -0.2) is 0 Å². The average Bonchev–Trinajstić information content (AvgIpc) is 3.46. The Labute approximate surface area is 191 Å². The minimum Gasteiger partial charge on any atom is -0.480 e. The number of carbonyl (C=O) groups excluding carboxylic acids is 5. The Morgan fingerprint density at radius 3 is 2.06 bits per heavy atom. The van der Waals surface area contributed by atoms with Crippen molar-refractivity contribution in [3.05, 3.63) is 0 Å². The summed E-state index contributed by atoms with van der Waals surface area (Å²) in [6, 6.07) is -3.49. The summed E-state index contributed by atoms with van der Waals surface area (Å²) in [7, 11) is 0. The van der Waals surface area contributed by atoms with Crippen molar-refractivity contribution in [3.8, 4) is 0 Å². The van der Waals surface area contributed by atoms with E-state index in [0.29, 0.717) is 38.8 Å². The first-order valence-electron chi connectivity index (χ1n) is 11.0. The van der Waals surface area contributed by atoms with Crippen LogP contribution in [0.1, 0.15) is 39.5 Å². The van der Waals surface area contributed by atoms with Gasteiger partial charge in [-0.3, -0.25) is 28.8 Å². The van der Waals surface area contributed by atoms with Crippen LogP contribution in [0.5, 0.6) is 0 Å². The minimum atomic E-state index is -1.18. The smallest absolute Gasteiger partial charge is 0.325 e. The molecule has 0 bridgehead atoms. The summed E-state index contributed by atoms with van der Waals surface area (Å²) in [5.41, 5.74) is 5.25. The third-order valence-electron chi connectivity index (χ3n) is 5.79. The van der Waals surface area contributed by atoms with Gasteiger partial charge in [0.15, 0.2) is 0 Å². The van der Waals surface area contributed by atoms with E-state index in [4.69, 9.17) is 10.8 Å². The van der Waals surface area contributed by atoms with Crippen molar-refractivity contribution in [1.82, 2.24) is 25.8 Å². The van der Waals surface area contributed by atoms with Gasteiger partial charge >= 0.3 is 5.97 Å². The summed E-state index contributed by atoms with van der Waals surface area (Å²) in [6.45, 7) is 2.91. The van der Waals surface area contributed by atoms with E-state index in [1.54, 1.807) is 0 Å². The van der Waals surface area contributed by atoms with E-state index < -0.39 is 59.7 Å². The Morgan fingerprint density at radius 2 is 1.48 bits per heavy atom. The maximum absolute atomic E-state index is 12.7. The average molecular weight is 469 g/mol. The predicted octanol–water partition coefficient (Wildman–Crippen LogP) is -2.86. The molecule has 4 atom stereocenters. The highest BCUT2D eigenvalue weighted by Gasteiger charge is 2.38. The number of nitrogens with zero attached hydrogens (tertiary/aromatic N) is 2. The fourth-order valence-electron chi connectivity index (χ4n) is 4.01. The Balaban J connectivity index is 1.91. The molecule has 0 aromatic heterocycles. The molecule has 0 aliphatic carbocycles. The van der Waals surface area contributed by atoms with Gasteiger partial charge in [0.25, 0.3) is 0 Å². The van der Waals surface area contributed by atoms with Gasteiger partial charge in [0, 0.05) is 13.1 Å². The zero-order valence-corrected chi connectivity index (χ0v) is 18.8. The van der Waals surface area contributed by atoms with Crippen LogP contribution in [0, 0.1) is 0 Å². The Hall–Kier alpha value is -3.22. The molecular weight excluding hydrogens is 436 g/mol. The van der Waals surface area contributed by atoms with Gasteiger partial charge < -0.3 is 36.6 Å². The second-order valence-electron chi connectivity index (χ2n) is 8.21. The molecule has 33 heavy (non-hydrogen) atoms. The Bertz CT molecular complexity index is 804. The maximum atomic E-state index is 12.7. The highest BCUT2D eigenvalue weighted by Crippen LogP contribution is 2.20. The Morgan fingerprint density at radius 1 is 0.909 bits per heavy atom. The van der Waals surface area contributed by atoms with Crippen molar-refractivity contribution < 1.29 is 33.9 Å². The van der Waals surface area contributed by atoms with E-state index >= 15 is 0 Å². The number of aliphatic carboxylic acids is 1. The largest absolute Gasteiger partial charge is 0.480 e. The van der Waals surface area contributed by atoms with Gasteiger partial charge in [-0.15, -0.1) is 0 Å². The zero-order chi connectivity index (χ0) is 24.7. The molecule has 0 saturated carbocycles. The van der Waals surface area contributed by atoms with Crippen LogP contribution >= 0.6 is 0 Å². The monoisotopic (exact) mass is 468 g/mol. The van der Waals surface area contributed by atoms with E-state index in [1.807, 2.05) is 0 Å². The summed E-state index contributed by atoms with van der Waals surface area (Å²) in [5, 5.41) is 16.3. The Kier molecular flexibility index (Phi) is 9.14. The van der Waals surface area contributed by atoms with Crippen molar-refractivity contribution in [1.29, 1.82) is 0 Å². The first-order chi connectivity index (χ1) is 15.6. The molecule has 0 aromatic carbocycles. The van der Waals surface area contributed by atoms with Crippen molar-refractivity contribution >= 4 is 35.5 Å². The van der Waals surface area contributed by atoms with Crippen molar-refractivity contribution in [2.24, 2.45) is 5.73 Å². The summed E-state index contributed by atoms with van der Waals surface area (Å²) in [6.07, 6.45) is 2.00. The standard InChI is InChI=1S/C20H32N6O7/c1-11(23-15(27)9-21)19(31)26-8-4-5-13(26)17(29)22-10-16(28)25-7-3-6-14(25)18(30)24-12(2)20(32)33/h11-14H,3-10,21H2,1-2H3,(H,22,29)(H,23,27)(H,24,30)(H,32,33). The van der Waals surface area contributed by atoms with Crippen LogP contribution < -0.4 is 21.7 Å². The second-order valence-corrected chi connectivity index (χ2v) is 8.21. The molecule has 2 heterocycles. The first-order valence-corrected chi connectivity index (χ1v) is 11.0. The summed E-state index contributed by atoms with van der Waals surface area (Å²) >= 11 is 0. The quantitative estimate of drug-likeness (QED) is 0.238. The fraction of sp³-hybridized carbons (Fsp3) is 0.700. The van der Waals surface area contributed by atoms with Gasteiger partial charge in [-0.1, -0.05) is 0 Å². The lowest BCUT2D eigenvalue weighted by Gasteiger charge is -2.28. The van der Waals surface area contributed by atoms with Crippen LogP contribution in [-0.4, -0.2) is 101 Å². The molecule has 0 spiro atoms. The predicted molar refractivity (Wildman–Crippen MR) is 114 cm³/mol. The number of nitrogens with one attached hydrogen (secondary N) is 3. The second kappa shape index (κ2) is 11.6. The number of likely N-dealkylation sites (tertiary alicyclic amines) is 2. The molecule has 0 radical (unpaired) electrons. The lowest BCUT2D eigenvalue weighted by atomic mass is 10.1. The lowest BCUT2D eigenvalue weighted by Crippen LogP contribution is -2.55. The SMILES string of the molecule is CC(NC(=O)C1CCCN1C(=O)CNC(=O)C1CCCN1C(=O)C(C)NC(=O)CN)C(=O)O. The number of amides is 5. The zero-order valence-electron chi connectivity index (χ0n) is 18.8. The number of hydrogen-bond acceptors (Lipinski definition) is 7. The van der Waals surface area contributed by atoms with Gasteiger partial charge in [0.1, 0.15) is 24.2 Å². The fourth-order valence-corrected chi connectivity index (χ4v) is 4.01. The van der Waals surface area contributed by atoms with Crippen LogP contribution in [-0.2, 0) is 28.8 Å². The van der Waals surface area contributed by atoms with E-state index in [2.05, 4.69) is 16.0 Å². The number of carbonyl (C=O) groups is 6. The summed E-state index contributed by atoms with van der Waals surface area (Å²) in [4.78, 5) is 75.4. The molecule has 2 aliphatic rings. The normalized spacial score (nSPS) is 21.8. The maximum Gasteiger partial charge on any atom is 0.325 e. The van der Waals surface area contributed by atoms with E-state index in [-0.39, 0.29) is 13.1 Å². The highest BCUT2D eigenvalue weighted by atomic mass is 16.4. The van der Waals surface area contributed by atoms with Crippen molar-refractivity contribution in [3.63, 3.8) is 0 Å². The molecule has 13 heteroatoms. The molecule has 6 N–H and O–H groups in total. The molecule has 184 valence electrons. The summed E-state index contributed by atoms with van der Waals surface area (Å²) in [5.74, 6) is -3.59. The number of carboxylic acids is 1. The van der Waals surface area contributed by atoms with Gasteiger partial charge in [-0.05, 0) is 39.5 Å². The highest BCUT2D eigenvalue weighted by molar-refractivity contribution is 5.95. The number of nitrogens with two attached hydrogens (primary N) is 1. The van der Waals surface area contributed by atoms with E-state index in [9.17, 15) is 28.8 Å². The van der Waals surface area contributed by atoms with Gasteiger partial charge in [-0.2, -0.15) is 0 Å². The first kappa shape index (κ1) is 26.0. The molecule has 2 aliphatic heterocycles. The molecule has 0 aromatic rings. The molecule has 2 saturated heterocycles. The van der Waals surface area contributed by atoms with Crippen molar-refractivity contribution in [2.45, 2.75) is 63.7 Å². The number of carboxylic acid groups (broad SMARTS) is 1. The van der Waals surface area contributed by atoms with Gasteiger partial charge in [0.05, 0.1) is 13.1 Å². The van der Waals surface area contributed by atoms with E-state index in [1.165, 1.54) is 23.6 Å². The molecule has 5 amide bonds. The molecule has 2 fully saturated rings. The topological polar surface area (TPSA) is 191 Å². The van der Waals surface area contributed by atoms with Crippen LogP contribution in [0.3, 0.4) is 0 Å². The van der Waals surface area contributed by atoms with Crippen LogP contribution in [0.15, 0.2) is 0 Å². The number of hydrogen-bond donors (Lipinski definition) is 5. The van der Waals surface area contributed by atoms with Gasteiger partial charge in [0.2, 0.25) is 29.5 Å². The lowest BCUT2D eigenvalue weighted by molar-refractivity contribution is -0.144. The molecular formula is C20H32N6O7. The third-order valence-corrected chi connectivity index (χ3v) is 5.79. The summed E-state index contributed by atoms with van der Waals surface area (Å²) < 4.78 is 0. The van der Waals surface area contributed by atoms with Crippen LogP contribution in [0.2, 0.25) is 0 Å². The van der Waals surface area contributed by atoms with Crippen LogP contribution in [0.4, 0.5) is 0 Å². The number of rotatable bonds is 9.